The summed E-state index contributed by atoms with van der Waals surface area (Å²) in [7, 11) is 0. The molecule has 0 aliphatic rings. The van der Waals surface area contributed by atoms with Crippen LogP contribution in [0.25, 0.3) is 76.6 Å². The van der Waals surface area contributed by atoms with Gasteiger partial charge in [0, 0.05) is 32.7 Å². The van der Waals surface area contributed by atoms with E-state index in [0.29, 0.717) is 0 Å². The smallest absolute Gasteiger partial charge is 0.217 e. The van der Waals surface area contributed by atoms with E-state index < -0.39 is 0 Å². The van der Waals surface area contributed by atoms with Gasteiger partial charge in [-0.2, -0.15) is 0 Å². The van der Waals surface area contributed by atoms with Crippen molar-refractivity contribution >= 4 is 77.3 Å². The largest absolute Gasteiger partial charge is 0.223 e. The van der Waals surface area contributed by atoms with Crippen LogP contribution in [0, 0.1) is 0 Å². The molecule has 0 saturated carbocycles. The van der Waals surface area contributed by atoms with Crippen molar-refractivity contribution in [1.29, 1.82) is 0 Å². The highest BCUT2D eigenvalue weighted by atomic mass is 35.5. The molecule has 0 aliphatic carbocycles. The normalized spacial score (nSPS) is 11.3. The molecule has 46 heavy (non-hydrogen) atoms. The molecule has 2 aromatic heterocycles. The van der Waals surface area contributed by atoms with Crippen LogP contribution in [0.2, 0.25) is 10.6 Å². The third kappa shape index (κ3) is 4.98. The fraction of sp³-hybridized carbons (Fsp3) is 0. The van der Waals surface area contributed by atoms with Crippen molar-refractivity contribution in [1.82, 2.24) is 19.9 Å². The predicted octanol–water partition coefficient (Wildman–Crippen LogP) is 11.4. The van der Waals surface area contributed by atoms with Crippen LogP contribution in [-0.4, -0.2) is 19.9 Å². The molecular formula is C40H24Cl2N4. The van der Waals surface area contributed by atoms with Gasteiger partial charge in [0.25, 0.3) is 0 Å². The van der Waals surface area contributed by atoms with Gasteiger partial charge < -0.3 is 0 Å². The molecule has 7 aromatic carbocycles. The van der Waals surface area contributed by atoms with Crippen molar-refractivity contribution in [3.8, 4) is 22.5 Å². The zero-order valence-electron chi connectivity index (χ0n) is 24.4. The first-order valence-electron chi connectivity index (χ1n) is 14.9. The lowest BCUT2D eigenvalue weighted by Crippen LogP contribution is -1.94. The second-order valence-electron chi connectivity index (χ2n) is 10.9. The molecule has 2 heterocycles. The molecule has 0 fully saturated rings. The van der Waals surface area contributed by atoms with E-state index in [2.05, 4.69) is 98.8 Å². The summed E-state index contributed by atoms with van der Waals surface area (Å²) < 4.78 is 0. The minimum absolute atomic E-state index is 0.270. The highest BCUT2D eigenvalue weighted by Crippen LogP contribution is 2.39. The average molecular weight is 632 g/mol. The first-order chi connectivity index (χ1) is 22.7. The van der Waals surface area contributed by atoms with Gasteiger partial charge in [-0.15, -0.1) is 0 Å². The summed E-state index contributed by atoms with van der Waals surface area (Å²) in [5.74, 6) is 0. The molecule has 0 unspecified atom stereocenters. The molecule has 0 amide bonds. The molecular weight excluding hydrogens is 607 g/mol. The summed E-state index contributed by atoms with van der Waals surface area (Å²) in [6.07, 6.45) is 0. The molecule has 4 nitrogen and oxygen atoms in total. The third-order valence-electron chi connectivity index (χ3n) is 8.21. The van der Waals surface area contributed by atoms with Crippen molar-refractivity contribution in [3.63, 3.8) is 0 Å². The fourth-order valence-electron chi connectivity index (χ4n) is 6.20. The first kappa shape index (κ1) is 28.1. The van der Waals surface area contributed by atoms with Crippen LogP contribution in [0.4, 0.5) is 0 Å². The summed E-state index contributed by atoms with van der Waals surface area (Å²) in [6.45, 7) is 0. The van der Waals surface area contributed by atoms with Crippen molar-refractivity contribution in [2.24, 2.45) is 0 Å². The molecule has 218 valence electrons. The molecule has 0 saturated heterocycles. The van der Waals surface area contributed by atoms with Crippen LogP contribution >= 0.6 is 23.2 Å². The zero-order valence-corrected chi connectivity index (χ0v) is 25.9. The van der Waals surface area contributed by atoms with Gasteiger partial charge in [0.1, 0.15) is 0 Å². The fourth-order valence-corrected chi connectivity index (χ4v) is 6.54. The number of rotatable bonds is 2. The van der Waals surface area contributed by atoms with Gasteiger partial charge in [0.05, 0.1) is 22.4 Å². The minimum atomic E-state index is 0.270. The van der Waals surface area contributed by atoms with Gasteiger partial charge in [0.15, 0.2) is 0 Å². The number of halogens is 2. The third-order valence-corrected chi connectivity index (χ3v) is 8.55. The van der Waals surface area contributed by atoms with Crippen LogP contribution in [0.15, 0.2) is 146 Å². The van der Waals surface area contributed by atoms with Gasteiger partial charge in [-0.1, -0.05) is 140 Å². The maximum absolute atomic E-state index is 6.30. The molecule has 0 radical (unpaired) electrons. The number of hydrogen-bond acceptors (Lipinski definition) is 4. The Labute approximate surface area is 275 Å². The highest BCUT2D eigenvalue weighted by molar-refractivity contribution is 6.31. The highest BCUT2D eigenvalue weighted by Gasteiger charge is 2.16. The van der Waals surface area contributed by atoms with E-state index in [1.807, 2.05) is 66.7 Å². The Bertz CT molecular complexity index is 2550. The summed E-state index contributed by atoms with van der Waals surface area (Å²) >= 11 is 12.5. The second kappa shape index (κ2) is 11.8. The SMILES string of the molecule is Clc1nc(-c2ccccc2)c2c3ccccc3c3ccccc3c2n1.Clc1nc(-c2ccccc2)c2ccc3ccccc3c2n1. The van der Waals surface area contributed by atoms with E-state index >= 15 is 0 Å². The van der Waals surface area contributed by atoms with Gasteiger partial charge in [-0.3, -0.25) is 0 Å². The molecule has 0 bridgehead atoms. The van der Waals surface area contributed by atoms with E-state index in [-0.39, 0.29) is 10.6 Å². The summed E-state index contributed by atoms with van der Waals surface area (Å²) in [6, 6.07) is 49.3. The molecule has 9 rings (SSSR count). The van der Waals surface area contributed by atoms with Gasteiger partial charge in [-0.25, -0.2) is 19.9 Å². The quantitative estimate of drug-likeness (QED) is 0.141. The number of nitrogens with zero attached hydrogens (tertiary/aromatic N) is 4. The molecule has 6 heteroatoms. The number of fused-ring (bicyclic) bond motifs is 9. The van der Waals surface area contributed by atoms with E-state index in [0.717, 1.165) is 65.9 Å². The first-order valence-corrected chi connectivity index (χ1v) is 15.6. The van der Waals surface area contributed by atoms with E-state index in [1.54, 1.807) is 0 Å². The minimum Gasteiger partial charge on any atom is -0.217 e. The molecule has 0 N–H and O–H groups in total. The second-order valence-corrected chi connectivity index (χ2v) is 11.6. The lowest BCUT2D eigenvalue weighted by Gasteiger charge is -2.13. The van der Waals surface area contributed by atoms with Crippen LogP contribution in [-0.2, 0) is 0 Å². The molecule has 9 aromatic rings. The monoisotopic (exact) mass is 630 g/mol. The molecule has 0 spiro atoms. The van der Waals surface area contributed by atoms with Gasteiger partial charge in [-0.05, 0) is 50.8 Å². The Morgan fingerprint density at radius 1 is 0.326 bits per heavy atom. The van der Waals surface area contributed by atoms with E-state index in [1.165, 1.54) is 10.8 Å². The number of aromatic nitrogens is 4. The van der Waals surface area contributed by atoms with Crippen molar-refractivity contribution < 1.29 is 0 Å². The Morgan fingerprint density at radius 2 is 0.804 bits per heavy atom. The maximum Gasteiger partial charge on any atom is 0.223 e. The molecule has 0 atom stereocenters. The van der Waals surface area contributed by atoms with Crippen LogP contribution in [0.3, 0.4) is 0 Å². The number of benzene rings is 7. The zero-order chi connectivity index (χ0) is 31.0. The van der Waals surface area contributed by atoms with E-state index in [9.17, 15) is 0 Å². The lowest BCUT2D eigenvalue weighted by atomic mass is 9.94. The van der Waals surface area contributed by atoms with Crippen molar-refractivity contribution in [2.75, 3.05) is 0 Å². The van der Waals surface area contributed by atoms with Gasteiger partial charge >= 0.3 is 0 Å². The Hall–Kier alpha value is -5.42. The molecule has 0 aliphatic heterocycles. The maximum atomic E-state index is 6.30. The standard InChI is InChI=1S/C22H13ClN2.C18H11ClN2/c23-22-24-20(14-8-2-1-3-9-14)19-17-12-6-4-10-15(17)16-11-5-7-13-18(16)21(19)25-22;19-18-20-16(13-7-2-1-3-8-13)15-11-10-12-6-4-5-9-14(12)17(15)21-18/h1-13H;1-11H. The summed E-state index contributed by atoms with van der Waals surface area (Å²) in [4.78, 5) is 18.1. The lowest BCUT2D eigenvalue weighted by molar-refractivity contribution is 1.23. The Morgan fingerprint density at radius 3 is 1.48 bits per heavy atom. The van der Waals surface area contributed by atoms with Crippen molar-refractivity contribution in [2.45, 2.75) is 0 Å². The summed E-state index contributed by atoms with van der Waals surface area (Å²) in [5.41, 5.74) is 5.62. The topological polar surface area (TPSA) is 51.6 Å². The summed E-state index contributed by atoms with van der Waals surface area (Å²) in [5, 5.41) is 9.48. The average Bonchev–Trinajstić information content (AvgIpc) is 3.12. The van der Waals surface area contributed by atoms with Crippen molar-refractivity contribution in [3.05, 3.63) is 156 Å². The Kier molecular flexibility index (Phi) is 7.22. The number of hydrogen-bond donors (Lipinski definition) is 0. The van der Waals surface area contributed by atoms with Gasteiger partial charge in [0.2, 0.25) is 10.6 Å². The predicted molar refractivity (Wildman–Crippen MR) is 192 cm³/mol. The van der Waals surface area contributed by atoms with Crippen LogP contribution in [0.5, 0.6) is 0 Å². The van der Waals surface area contributed by atoms with E-state index in [4.69, 9.17) is 23.2 Å². The van der Waals surface area contributed by atoms with Crippen LogP contribution in [0.1, 0.15) is 0 Å². The van der Waals surface area contributed by atoms with Crippen LogP contribution < -0.4 is 0 Å². The Balaban J connectivity index is 0.000000138.